The molecule has 0 fully saturated rings. The van der Waals surface area contributed by atoms with Gasteiger partial charge < -0.3 is 10.2 Å². The van der Waals surface area contributed by atoms with E-state index in [1.54, 1.807) is 38.1 Å². The van der Waals surface area contributed by atoms with Crippen LogP contribution >= 0.6 is 0 Å². The number of carbonyl (C=O) groups excluding carboxylic acids is 2. The van der Waals surface area contributed by atoms with Crippen LogP contribution in [0.3, 0.4) is 0 Å². The van der Waals surface area contributed by atoms with Crippen LogP contribution in [0.15, 0.2) is 41.2 Å². The molecule has 0 amide bonds. The molecule has 0 aliphatic heterocycles. The summed E-state index contributed by atoms with van der Waals surface area (Å²) in [5.41, 5.74) is 2.19. The molecule has 3 rings (SSSR count). The Hall–Kier alpha value is -2.36. The Bertz CT molecular complexity index is 736. The highest BCUT2D eigenvalue weighted by Gasteiger charge is 2.30. The number of rotatable bonds is 0. The number of Topliss-reactive ketones (excluding diaryl/α,β-unsaturated/α-hetero) is 2. The number of carbonyl (C=O) groups is 2. The highest BCUT2D eigenvalue weighted by Crippen LogP contribution is 2.35. The van der Waals surface area contributed by atoms with Crippen molar-refractivity contribution >= 4 is 17.3 Å². The smallest absolute Gasteiger partial charge is 0.193 e. The lowest BCUT2D eigenvalue weighted by Gasteiger charge is -2.28. The second kappa shape index (κ2) is 8.15. The van der Waals surface area contributed by atoms with E-state index in [4.69, 9.17) is 0 Å². The van der Waals surface area contributed by atoms with E-state index in [0.29, 0.717) is 35.1 Å². The third kappa shape index (κ3) is 4.59. The Balaban J connectivity index is 0.000000229. The van der Waals surface area contributed by atoms with Gasteiger partial charge >= 0.3 is 0 Å². The molecular weight excluding hydrogens is 316 g/mol. The molecule has 2 aliphatic carbocycles. The van der Waals surface area contributed by atoms with Crippen molar-refractivity contribution in [2.24, 2.45) is 5.41 Å². The van der Waals surface area contributed by atoms with Gasteiger partial charge in [0, 0.05) is 35.1 Å². The second-order valence-corrected chi connectivity index (χ2v) is 6.86. The summed E-state index contributed by atoms with van der Waals surface area (Å²) in [6, 6.07) is 7.08. The minimum Gasteiger partial charge on any atom is -0.512 e. The third-order valence-corrected chi connectivity index (χ3v) is 4.26. The summed E-state index contributed by atoms with van der Waals surface area (Å²) in [6.07, 6.45) is 1.19. The molecule has 1 aromatic rings. The number of ketones is 2. The second-order valence-electron chi connectivity index (χ2n) is 6.86. The molecule has 0 aromatic heterocycles. The maximum absolute atomic E-state index is 11.4. The molecule has 0 radical (unpaired) electrons. The van der Waals surface area contributed by atoms with Gasteiger partial charge in [0.25, 0.3) is 0 Å². The van der Waals surface area contributed by atoms with Gasteiger partial charge in [0.05, 0.1) is 5.76 Å². The Morgan fingerprint density at radius 3 is 1.88 bits per heavy atom. The summed E-state index contributed by atoms with van der Waals surface area (Å²) in [5, 5.41) is 18.8. The van der Waals surface area contributed by atoms with E-state index in [2.05, 4.69) is 0 Å². The van der Waals surface area contributed by atoms with E-state index in [-0.39, 0.29) is 28.5 Å². The standard InChI is InChI=1S/C10H8O2.C9H14O2.C2H6/c1-6-9(11)7-4-2-3-5-8(7)10(6)12;1-6-7(10)4-9(2,3)5-8(6)11;1-2/h2-5,11H,1H3;10H,4-5H2,1-3H3;1-2H3. The van der Waals surface area contributed by atoms with E-state index in [9.17, 15) is 19.8 Å². The average Bonchev–Trinajstić information content (AvgIpc) is 2.79. The first-order valence-corrected chi connectivity index (χ1v) is 8.60. The van der Waals surface area contributed by atoms with Crippen molar-refractivity contribution in [2.75, 3.05) is 0 Å². The molecule has 4 heteroatoms. The SMILES string of the molecule is CC.CC1=C(O)CC(C)(C)CC1=O.CC1=C(O)c2ccccc2C1=O. The maximum atomic E-state index is 11.4. The Labute approximate surface area is 149 Å². The van der Waals surface area contributed by atoms with Gasteiger partial charge in [-0.15, -0.1) is 0 Å². The van der Waals surface area contributed by atoms with E-state index < -0.39 is 0 Å². The molecule has 25 heavy (non-hydrogen) atoms. The van der Waals surface area contributed by atoms with Gasteiger partial charge in [0.1, 0.15) is 5.76 Å². The van der Waals surface area contributed by atoms with Crippen molar-refractivity contribution in [3.63, 3.8) is 0 Å². The fourth-order valence-corrected chi connectivity index (χ4v) is 2.78. The predicted molar refractivity (Wildman–Crippen MR) is 101 cm³/mol. The van der Waals surface area contributed by atoms with Crippen molar-refractivity contribution in [1.29, 1.82) is 0 Å². The van der Waals surface area contributed by atoms with Crippen LogP contribution in [-0.2, 0) is 4.79 Å². The molecule has 2 N–H and O–H groups in total. The zero-order valence-electron chi connectivity index (χ0n) is 15.9. The summed E-state index contributed by atoms with van der Waals surface area (Å²) in [7, 11) is 0. The number of allylic oxidation sites excluding steroid dienone is 3. The molecule has 0 saturated carbocycles. The summed E-state index contributed by atoms with van der Waals surface area (Å²) < 4.78 is 0. The molecule has 4 nitrogen and oxygen atoms in total. The number of aliphatic hydroxyl groups is 2. The van der Waals surface area contributed by atoms with Gasteiger partial charge in [0.2, 0.25) is 0 Å². The molecule has 136 valence electrons. The Morgan fingerprint density at radius 1 is 0.880 bits per heavy atom. The summed E-state index contributed by atoms with van der Waals surface area (Å²) in [5.74, 6) is 0.406. The number of aliphatic hydroxyl groups excluding tert-OH is 2. The largest absolute Gasteiger partial charge is 0.512 e. The summed E-state index contributed by atoms with van der Waals surface area (Å²) >= 11 is 0. The number of benzene rings is 1. The molecule has 0 saturated heterocycles. The molecule has 0 bridgehead atoms. The first-order chi connectivity index (χ1) is 11.6. The maximum Gasteiger partial charge on any atom is 0.193 e. The fraction of sp³-hybridized carbons (Fsp3) is 0.429. The topological polar surface area (TPSA) is 74.6 Å². The lowest BCUT2D eigenvalue weighted by molar-refractivity contribution is -0.118. The Morgan fingerprint density at radius 2 is 1.40 bits per heavy atom. The zero-order chi connectivity index (χ0) is 19.4. The molecule has 0 spiro atoms. The lowest BCUT2D eigenvalue weighted by atomic mass is 9.77. The number of hydrogen-bond acceptors (Lipinski definition) is 4. The van der Waals surface area contributed by atoms with E-state index in [1.807, 2.05) is 27.7 Å². The molecule has 2 aliphatic rings. The minimum atomic E-state index is -0.0666. The van der Waals surface area contributed by atoms with Gasteiger partial charge in [-0.3, -0.25) is 9.59 Å². The van der Waals surface area contributed by atoms with Crippen LogP contribution in [0.5, 0.6) is 0 Å². The number of fused-ring (bicyclic) bond motifs is 1. The summed E-state index contributed by atoms with van der Waals surface area (Å²) in [6.45, 7) is 11.3. The van der Waals surface area contributed by atoms with Crippen LogP contribution < -0.4 is 0 Å². The molecular formula is C21H28O4. The van der Waals surface area contributed by atoms with Crippen molar-refractivity contribution in [3.8, 4) is 0 Å². The van der Waals surface area contributed by atoms with Crippen molar-refractivity contribution in [2.45, 2.75) is 54.4 Å². The normalized spacial score (nSPS) is 18.2. The van der Waals surface area contributed by atoms with Gasteiger partial charge in [-0.1, -0.05) is 52.0 Å². The van der Waals surface area contributed by atoms with Crippen LogP contribution in [0.25, 0.3) is 5.76 Å². The quantitative estimate of drug-likeness (QED) is 0.660. The highest BCUT2D eigenvalue weighted by atomic mass is 16.3. The zero-order valence-corrected chi connectivity index (χ0v) is 15.9. The van der Waals surface area contributed by atoms with Gasteiger partial charge in [-0.25, -0.2) is 0 Å². The van der Waals surface area contributed by atoms with E-state index in [0.717, 1.165) is 0 Å². The first-order valence-electron chi connectivity index (χ1n) is 8.60. The van der Waals surface area contributed by atoms with Gasteiger partial charge in [-0.05, 0) is 19.3 Å². The van der Waals surface area contributed by atoms with Crippen molar-refractivity contribution < 1.29 is 19.8 Å². The molecule has 0 unspecified atom stereocenters. The minimum absolute atomic E-state index is 0.0549. The van der Waals surface area contributed by atoms with Crippen molar-refractivity contribution in [1.82, 2.24) is 0 Å². The van der Waals surface area contributed by atoms with Gasteiger partial charge in [0.15, 0.2) is 11.6 Å². The average molecular weight is 344 g/mol. The lowest BCUT2D eigenvalue weighted by Crippen LogP contribution is -2.24. The summed E-state index contributed by atoms with van der Waals surface area (Å²) in [4.78, 5) is 22.6. The molecule has 0 heterocycles. The highest BCUT2D eigenvalue weighted by molar-refractivity contribution is 6.19. The Kier molecular flexibility index (Phi) is 6.74. The van der Waals surface area contributed by atoms with E-state index >= 15 is 0 Å². The van der Waals surface area contributed by atoms with Crippen LogP contribution in [0.1, 0.15) is 70.3 Å². The first kappa shape index (κ1) is 20.7. The molecule has 0 atom stereocenters. The molecule has 1 aromatic carbocycles. The van der Waals surface area contributed by atoms with Crippen molar-refractivity contribution in [3.05, 3.63) is 52.3 Å². The third-order valence-electron chi connectivity index (χ3n) is 4.26. The number of hydrogen-bond donors (Lipinski definition) is 2. The monoisotopic (exact) mass is 344 g/mol. The van der Waals surface area contributed by atoms with Crippen LogP contribution in [-0.4, -0.2) is 21.8 Å². The van der Waals surface area contributed by atoms with Crippen LogP contribution in [0, 0.1) is 5.41 Å². The van der Waals surface area contributed by atoms with Crippen LogP contribution in [0.4, 0.5) is 0 Å². The van der Waals surface area contributed by atoms with Gasteiger partial charge in [-0.2, -0.15) is 0 Å². The fourth-order valence-electron chi connectivity index (χ4n) is 2.78. The van der Waals surface area contributed by atoms with E-state index in [1.165, 1.54) is 0 Å². The predicted octanol–water partition coefficient (Wildman–Crippen LogP) is 5.41. The van der Waals surface area contributed by atoms with Crippen LogP contribution in [0.2, 0.25) is 0 Å².